The minimum atomic E-state index is -0.453. The molecule has 1 heterocycles. The Morgan fingerprint density at radius 2 is 1.83 bits per heavy atom. The largest absolute Gasteiger partial charge is 0.508 e. The quantitative estimate of drug-likeness (QED) is 0.820. The van der Waals surface area contributed by atoms with Crippen LogP contribution in [-0.4, -0.2) is 5.11 Å². The topological polar surface area (TPSA) is 29.5 Å². The van der Waals surface area contributed by atoms with Crippen LogP contribution in [0, 0.1) is 0 Å². The van der Waals surface area contributed by atoms with E-state index < -0.39 is 5.60 Å². The van der Waals surface area contributed by atoms with Crippen molar-refractivity contribution in [3.05, 3.63) is 65.7 Å². The molecular weight excluding hydrogens is 224 g/mol. The summed E-state index contributed by atoms with van der Waals surface area (Å²) in [5, 5.41) is 9.45. The summed E-state index contributed by atoms with van der Waals surface area (Å²) < 4.78 is 6.06. The minimum absolute atomic E-state index is 0.255. The van der Waals surface area contributed by atoms with Gasteiger partial charge in [-0.1, -0.05) is 36.4 Å². The molecule has 0 aromatic heterocycles. The van der Waals surface area contributed by atoms with Crippen LogP contribution < -0.4 is 4.74 Å². The summed E-state index contributed by atoms with van der Waals surface area (Å²) in [6, 6.07) is 15.3. The van der Waals surface area contributed by atoms with E-state index in [0.717, 1.165) is 16.9 Å². The summed E-state index contributed by atoms with van der Waals surface area (Å²) in [6.07, 6.45) is 4.01. The lowest BCUT2D eigenvalue weighted by Crippen LogP contribution is -2.28. The molecule has 90 valence electrons. The number of hydrogen-bond acceptors (Lipinski definition) is 2. The van der Waals surface area contributed by atoms with Crippen molar-refractivity contribution in [1.29, 1.82) is 0 Å². The molecule has 0 fully saturated rings. The second kappa shape index (κ2) is 3.91. The summed E-state index contributed by atoms with van der Waals surface area (Å²) in [5.41, 5.74) is 1.56. The molecule has 1 aliphatic rings. The second-order valence-corrected chi connectivity index (χ2v) is 4.63. The van der Waals surface area contributed by atoms with Crippen LogP contribution in [0.25, 0.3) is 6.08 Å². The number of aromatic hydroxyl groups is 1. The first-order valence-corrected chi connectivity index (χ1v) is 5.94. The average Bonchev–Trinajstić information content (AvgIpc) is 2.40. The first-order chi connectivity index (χ1) is 8.67. The summed E-state index contributed by atoms with van der Waals surface area (Å²) >= 11 is 0. The van der Waals surface area contributed by atoms with E-state index in [0.29, 0.717) is 0 Å². The zero-order valence-electron chi connectivity index (χ0n) is 10.1. The SMILES string of the molecule is CC1(c2ccccc2)C=Cc2cc(O)ccc2O1. The summed E-state index contributed by atoms with van der Waals surface area (Å²) in [4.78, 5) is 0. The highest BCUT2D eigenvalue weighted by Gasteiger charge is 2.29. The van der Waals surface area contributed by atoms with Gasteiger partial charge in [-0.05, 0) is 36.8 Å². The molecular formula is C16H14O2. The van der Waals surface area contributed by atoms with Crippen LogP contribution in [-0.2, 0) is 5.60 Å². The van der Waals surface area contributed by atoms with E-state index in [2.05, 4.69) is 12.1 Å². The normalized spacial score (nSPS) is 21.2. The van der Waals surface area contributed by atoms with Crippen LogP contribution in [0.1, 0.15) is 18.1 Å². The molecule has 0 amide bonds. The lowest BCUT2D eigenvalue weighted by atomic mass is 9.92. The highest BCUT2D eigenvalue weighted by Crippen LogP contribution is 2.38. The van der Waals surface area contributed by atoms with Crippen molar-refractivity contribution in [3.63, 3.8) is 0 Å². The van der Waals surface area contributed by atoms with Crippen LogP contribution in [0.15, 0.2) is 54.6 Å². The lowest BCUT2D eigenvalue weighted by Gasteiger charge is -2.32. The molecule has 0 saturated carbocycles. The van der Waals surface area contributed by atoms with Gasteiger partial charge >= 0.3 is 0 Å². The molecule has 1 aliphatic heterocycles. The Morgan fingerprint density at radius 3 is 2.61 bits per heavy atom. The van der Waals surface area contributed by atoms with E-state index >= 15 is 0 Å². The standard InChI is InChI=1S/C16H14O2/c1-16(13-5-3-2-4-6-13)10-9-12-11-14(17)7-8-15(12)18-16/h2-11,17H,1H3. The molecule has 1 atom stereocenters. The Labute approximate surface area is 106 Å². The van der Waals surface area contributed by atoms with Gasteiger partial charge in [0.2, 0.25) is 0 Å². The number of phenols is 1. The molecule has 2 nitrogen and oxygen atoms in total. The van der Waals surface area contributed by atoms with Gasteiger partial charge in [-0.25, -0.2) is 0 Å². The van der Waals surface area contributed by atoms with Crippen molar-refractivity contribution in [2.24, 2.45) is 0 Å². The van der Waals surface area contributed by atoms with Crippen LogP contribution in [0.3, 0.4) is 0 Å². The van der Waals surface area contributed by atoms with E-state index in [-0.39, 0.29) is 5.75 Å². The van der Waals surface area contributed by atoms with E-state index in [1.54, 1.807) is 18.2 Å². The number of hydrogen-bond donors (Lipinski definition) is 1. The van der Waals surface area contributed by atoms with Crippen LogP contribution >= 0.6 is 0 Å². The maximum atomic E-state index is 9.45. The number of benzene rings is 2. The zero-order chi connectivity index (χ0) is 12.6. The molecule has 18 heavy (non-hydrogen) atoms. The van der Waals surface area contributed by atoms with Gasteiger partial charge in [0.1, 0.15) is 17.1 Å². The fraction of sp³-hybridized carbons (Fsp3) is 0.125. The van der Waals surface area contributed by atoms with Gasteiger partial charge in [-0.15, -0.1) is 0 Å². The molecule has 2 aromatic carbocycles. The number of fused-ring (bicyclic) bond motifs is 1. The smallest absolute Gasteiger partial charge is 0.150 e. The van der Waals surface area contributed by atoms with Crippen molar-refractivity contribution in [3.8, 4) is 11.5 Å². The first kappa shape index (κ1) is 10.9. The molecule has 0 aliphatic carbocycles. The Kier molecular flexibility index (Phi) is 2.37. The molecule has 0 spiro atoms. The Morgan fingerprint density at radius 1 is 1.06 bits per heavy atom. The molecule has 0 saturated heterocycles. The molecule has 1 N–H and O–H groups in total. The zero-order valence-corrected chi connectivity index (χ0v) is 10.1. The highest BCUT2D eigenvalue weighted by molar-refractivity contribution is 5.63. The van der Waals surface area contributed by atoms with Gasteiger partial charge < -0.3 is 9.84 Å². The van der Waals surface area contributed by atoms with Gasteiger partial charge in [0, 0.05) is 5.56 Å². The summed E-state index contributed by atoms with van der Waals surface area (Å²) in [5.74, 6) is 1.05. The van der Waals surface area contributed by atoms with Crippen LogP contribution in [0.2, 0.25) is 0 Å². The third kappa shape index (κ3) is 1.76. The van der Waals surface area contributed by atoms with Crippen molar-refractivity contribution >= 4 is 6.08 Å². The Bertz CT molecular complexity index is 602. The minimum Gasteiger partial charge on any atom is -0.508 e. The molecule has 0 radical (unpaired) electrons. The average molecular weight is 238 g/mol. The van der Waals surface area contributed by atoms with Crippen molar-refractivity contribution in [2.45, 2.75) is 12.5 Å². The molecule has 2 heteroatoms. The first-order valence-electron chi connectivity index (χ1n) is 5.94. The Hall–Kier alpha value is -2.22. The Balaban J connectivity index is 2.03. The van der Waals surface area contributed by atoms with Gasteiger partial charge in [-0.3, -0.25) is 0 Å². The third-order valence-electron chi connectivity index (χ3n) is 3.24. The fourth-order valence-corrected chi connectivity index (χ4v) is 2.19. The molecule has 1 unspecified atom stereocenters. The monoisotopic (exact) mass is 238 g/mol. The number of phenolic OH excluding ortho intramolecular Hbond substituents is 1. The predicted molar refractivity (Wildman–Crippen MR) is 71.6 cm³/mol. The second-order valence-electron chi connectivity index (χ2n) is 4.63. The maximum Gasteiger partial charge on any atom is 0.150 e. The van der Waals surface area contributed by atoms with E-state index in [1.165, 1.54) is 0 Å². The highest BCUT2D eigenvalue weighted by atomic mass is 16.5. The van der Waals surface area contributed by atoms with Crippen molar-refractivity contribution in [2.75, 3.05) is 0 Å². The molecule has 3 rings (SSSR count). The van der Waals surface area contributed by atoms with Gasteiger partial charge in [0.15, 0.2) is 0 Å². The summed E-state index contributed by atoms with van der Waals surface area (Å²) in [7, 11) is 0. The lowest BCUT2D eigenvalue weighted by molar-refractivity contribution is 0.138. The summed E-state index contributed by atoms with van der Waals surface area (Å²) in [6.45, 7) is 2.04. The van der Waals surface area contributed by atoms with Gasteiger partial charge in [0.25, 0.3) is 0 Å². The predicted octanol–water partition coefficient (Wildman–Crippen LogP) is 3.71. The van der Waals surface area contributed by atoms with Crippen molar-refractivity contribution < 1.29 is 9.84 Å². The van der Waals surface area contributed by atoms with E-state index in [4.69, 9.17) is 4.74 Å². The van der Waals surface area contributed by atoms with E-state index in [1.807, 2.05) is 37.3 Å². The third-order valence-corrected chi connectivity index (χ3v) is 3.24. The van der Waals surface area contributed by atoms with Gasteiger partial charge in [0.05, 0.1) is 0 Å². The maximum absolute atomic E-state index is 9.45. The van der Waals surface area contributed by atoms with Crippen molar-refractivity contribution in [1.82, 2.24) is 0 Å². The van der Waals surface area contributed by atoms with Crippen LogP contribution in [0.4, 0.5) is 0 Å². The number of ether oxygens (including phenoxy) is 1. The van der Waals surface area contributed by atoms with Gasteiger partial charge in [-0.2, -0.15) is 0 Å². The molecule has 2 aromatic rings. The molecule has 0 bridgehead atoms. The number of rotatable bonds is 1. The van der Waals surface area contributed by atoms with E-state index in [9.17, 15) is 5.11 Å². The fourth-order valence-electron chi connectivity index (χ4n) is 2.19. The van der Waals surface area contributed by atoms with Crippen LogP contribution in [0.5, 0.6) is 11.5 Å².